The number of nitrogen functional groups attached to an aromatic ring is 1. The van der Waals surface area contributed by atoms with E-state index in [1.54, 1.807) is 0 Å². The van der Waals surface area contributed by atoms with Gasteiger partial charge >= 0.3 is 0 Å². The zero-order valence-electron chi connectivity index (χ0n) is 20.7. The second kappa shape index (κ2) is 8.46. The SMILES string of the molecule is Cc1nc(N)cc(C2CC2)c1CNC(=O)c1ccc2c(c1)C1OC2c2ccc(-c3ccc(F)cc3F)cc21. The number of pyridine rings is 1. The summed E-state index contributed by atoms with van der Waals surface area (Å²) in [6.07, 6.45) is 1.70. The van der Waals surface area contributed by atoms with Crippen molar-refractivity contribution in [2.45, 2.75) is 44.4 Å². The zero-order valence-corrected chi connectivity index (χ0v) is 20.7. The monoisotopic (exact) mass is 509 g/mol. The number of hydrogen-bond acceptors (Lipinski definition) is 4. The van der Waals surface area contributed by atoms with E-state index in [4.69, 9.17) is 10.5 Å². The number of fused-ring (bicyclic) bond motifs is 8. The molecule has 2 aliphatic heterocycles. The molecule has 3 heterocycles. The van der Waals surface area contributed by atoms with Crippen molar-refractivity contribution in [1.82, 2.24) is 10.3 Å². The number of benzene rings is 3. The maximum atomic E-state index is 14.4. The number of nitrogens with zero attached hydrogens (tertiary/aromatic N) is 1. The van der Waals surface area contributed by atoms with Gasteiger partial charge in [-0.25, -0.2) is 13.8 Å². The highest BCUT2D eigenvalue weighted by molar-refractivity contribution is 5.94. The summed E-state index contributed by atoms with van der Waals surface area (Å²) in [4.78, 5) is 17.6. The molecule has 0 radical (unpaired) electrons. The van der Waals surface area contributed by atoms with Gasteiger partial charge in [0.05, 0.1) is 0 Å². The molecule has 0 spiro atoms. The number of amides is 1. The number of halogens is 2. The topological polar surface area (TPSA) is 77.2 Å². The average molecular weight is 510 g/mol. The Kier molecular flexibility index (Phi) is 5.13. The van der Waals surface area contributed by atoms with Crippen molar-refractivity contribution in [3.8, 4) is 11.1 Å². The number of anilines is 1. The fraction of sp³-hybridized carbons (Fsp3) is 0.226. The Labute approximate surface area is 218 Å². The van der Waals surface area contributed by atoms with Gasteiger partial charge in [-0.2, -0.15) is 0 Å². The molecule has 3 aromatic carbocycles. The van der Waals surface area contributed by atoms with E-state index >= 15 is 0 Å². The zero-order chi connectivity index (χ0) is 26.1. The van der Waals surface area contributed by atoms with E-state index in [2.05, 4.69) is 10.3 Å². The smallest absolute Gasteiger partial charge is 0.251 e. The Bertz CT molecular complexity index is 1650. The van der Waals surface area contributed by atoms with Crippen LogP contribution in [0.1, 0.15) is 80.4 Å². The van der Waals surface area contributed by atoms with Crippen LogP contribution in [0.25, 0.3) is 11.1 Å². The van der Waals surface area contributed by atoms with E-state index in [1.165, 1.54) is 17.7 Å². The van der Waals surface area contributed by atoms with E-state index in [0.717, 1.165) is 52.4 Å². The summed E-state index contributed by atoms with van der Waals surface area (Å²) in [7, 11) is 0. The van der Waals surface area contributed by atoms with Gasteiger partial charge in [-0.15, -0.1) is 0 Å². The molecule has 2 bridgehead atoms. The second-order valence-electron chi connectivity index (χ2n) is 10.4. The Morgan fingerprint density at radius 1 is 0.947 bits per heavy atom. The molecule has 7 rings (SSSR count). The van der Waals surface area contributed by atoms with Gasteiger partial charge in [0.15, 0.2) is 0 Å². The van der Waals surface area contributed by atoms with Gasteiger partial charge in [-0.1, -0.05) is 18.2 Å². The highest BCUT2D eigenvalue weighted by atomic mass is 19.1. The summed E-state index contributed by atoms with van der Waals surface area (Å²) in [6.45, 7) is 2.32. The van der Waals surface area contributed by atoms with Gasteiger partial charge in [0.1, 0.15) is 29.7 Å². The summed E-state index contributed by atoms with van der Waals surface area (Å²) in [5.74, 6) is -0.382. The highest BCUT2D eigenvalue weighted by Crippen LogP contribution is 2.55. The van der Waals surface area contributed by atoms with Crippen molar-refractivity contribution in [3.63, 3.8) is 0 Å². The van der Waals surface area contributed by atoms with Crippen LogP contribution in [0.15, 0.2) is 60.7 Å². The lowest BCUT2D eigenvalue weighted by atomic mass is 9.83. The first-order valence-electron chi connectivity index (χ1n) is 12.8. The maximum absolute atomic E-state index is 14.4. The Hall–Kier alpha value is -4.10. The van der Waals surface area contributed by atoms with Crippen molar-refractivity contribution in [2.75, 3.05) is 5.73 Å². The molecule has 1 saturated carbocycles. The normalized spacial score (nSPS) is 18.8. The third-order valence-electron chi connectivity index (χ3n) is 7.91. The minimum absolute atomic E-state index is 0.170. The molecule has 4 aromatic rings. The average Bonchev–Trinajstić information content (AvgIpc) is 3.59. The van der Waals surface area contributed by atoms with Crippen molar-refractivity contribution in [2.24, 2.45) is 0 Å². The number of nitrogens with two attached hydrogens (primary N) is 1. The van der Waals surface area contributed by atoms with Crippen molar-refractivity contribution >= 4 is 11.7 Å². The van der Waals surface area contributed by atoms with Crippen LogP contribution >= 0.6 is 0 Å². The minimum atomic E-state index is -0.610. The van der Waals surface area contributed by atoms with E-state index in [-0.39, 0.29) is 18.1 Å². The Morgan fingerprint density at radius 3 is 2.45 bits per heavy atom. The highest BCUT2D eigenvalue weighted by Gasteiger charge is 2.43. The van der Waals surface area contributed by atoms with Crippen LogP contribution < -0.4 is 11.1 Å². The molecule has 3 N–H and O–H groups in total. The van der Waals surface area contributed by atoms with Crippen LogP contribution in [0, 0.1) is 18.6 Å². The lowest BCUT2D eigenvalue weighted by Crippen LogP contribution is -2.24. The van der Waals surface area contributed by atoms with Crippen molar-refractivity contribution in [1.29, 1.82) is 0 Å². The summed E-state index contributed by atoms with van der Waals surface area (Å²) >= 11 is 0. The van der Waals surface area contributed by atoms with Crippen molar-refractivity contribution in [3.05, 3.63) is 117 Å². The molecule has 1 amide bonds. The first-order valence-corrected chi connectivity index (χ1v) is 12.8. The van der Waals surface area contributed by atoms with Gasteiger partial charge in [-0.05, 0) is 101 Å². The number of carbonyl (C=O) groups excluding carboxylic acids is 1. The third-order valence-corrected chi connectivity index (χ3v) is 7.91. The third kappa shape index (κ3) is 3.69. The van der Waals surface area contributed by atoms with Crippen LogP contribution in [0.3, 0.4) is 0 Å². The molecule has 1 fully saturated rings. The molecule has 38 heavy (non-hydrogen) atoms. The molecule has 3 aliphatic rings. The molecule has 2 unspecified atom stereocenters. The van der Waals surface area contributed by atoms with Gasteiger partial charge in [0.25, 0.3) is 5.91 Å². The molecule has 190 valence electrons. The number of carbonyl (C=O) groups is 1. The lowest BCUT2D eigenvalue weighted by molar-refractivity contribution is 0.0857. The van der Waals surface area contributed by atoms with Gasteiger partial charge in [0, 0.05) is 29.4 Å². The van der Waals surface area contributed by atoms with E-state index in [0.29, 0.717) is 35.0 Å². The molecule has 2 atom stereocenters. The molecule has 1 aromatic heterocycles. The number of ether oxygens (including phenoxy) is 1. The number of hydrogen-bond donors (Lipinski definition) is 2. The first kappa shape index (κ1) is 23.0. The van der Waals surface area contributed by atoms with Crippen LogP contribution in [-0.2, 0) is 11.3 Å². The first-order chi connectivity index (χ1) is 18.4. The van der Waals surface area contributed by atoms with Gasteiger partial charge in [0.2, 0.25) is 0 Å². The number of rotatable bonds is 5. The van der Waals surface area contributed by atoms with Crippen LogP contribution in [0.4, 0.5) is 14.6 Å². The minimum Gasteiger partial charge on any atom is -0.384 e. The largest absolute Gasteiger partial charge is 0.384 e. The Morgan fingerprint density at radius 2 is 1.68 bits per heavy atom. The number of nitrogens with one attached hydrogen (secondary N) is 1. The fourth-order valence-electron chi connectivity index (χ4n) is 5.89. The van der Waals surface area contributed by atoms with Crippen LogP contribution in [-0.4, -0.2) is 10.9 Å². The molecular weight excluding hydrogens is 484 g/mol. The fourth-order valence-corrected chi connectivity index (χ4v) is 5.89. The molecular formula is C31H25F2N3O2. The predicted molar refractivity (Wildman–Crippen MR) is 140 cm³/mol. The van der Waals surface area contributed by atoms with E-state index in [1.807, 2.05) is 49.4 Å². The quantitative estimate of drug-likeness (QED) is 0.334. The predicted octanol–water partition coefficient (Wildman–Crippen LogP) is 6.25. The number of aryl methyl sites for hydroxylation is 1. The summed E-state index contributed by atoms with van der Waals surface area (Å²) in [6, 6.07) is 16.9. The standard InChI is InChI=1S/C31H25F2N3O2/c1-15-26(23(16-2-3-16)13-28(34)36-15)14-35-31(37)18-5-8-22-25(11-18)30-24-10-17(4-7-21(24)29(22)38-30)20-9-6-19(32)12-27(20)33/h4-13,16,29-30H,2-3,14H2,1H3,(H2,34,36)(H,35,37). The summed E-state index contributed by atoms with van der Waals surface area (Å²) in [5, 5.41) is 3.06. The molecule has 1 aliphatic carbocycles. The van der Waals surface area contributed by atoms with E-state index in [9.17, 15) is 13.6 Å². The second-order valence-corrected chi connectivity index (χ2v) is 10.4. The number of aromatic nitrogens is 1. The van der Waals surface area contributed by atoms with Gasteiger partial charge < -0.3 is 15.8 Å². The maximum Gasteiger partial charge on any atom is 0.251 e. The van der Waals surface area contributed by atoms with Crippen molar-refractivity contribution < 1.29 is 18.3 Å². The lowest BCUT2D eigenvalue weighted by Gasteiger charge is -2.18. The molecule has 0 saturated heterocycles. The van der Waals surface area contributed by atoms with Crippen LogP contribution in [0.5, 0.6) is 0 Å². The van der Waals surface area contributed by atoms with Gasteiger partial charge in [-0.3, -0.25) is 4.79 Å². The van der Waals surface area contributed by atoms with Crippen LogP contribution in [0.2, 0.25) is 0 Å². The summed E-state index contributed by atoms with van der Waals surface area (Å²) < 4.78 is 34.1. The molecule has 5 nitrogen and oxygen atoms in total. The summed E-state index contributed by atoms with van der Waals surface area (Å²) in [5.41, 5.74) is 14.5. The molecule has 7 heteroatoms. The Balaban J connectivity index is 1.15. The van der Waals surface area contributed by atoms with E-state index < -0.39 is 11.6 Å².